The van der Waals surface area contributed by atoms with Gasteiger partial charge in [-0.25, -0.2) is 9.97 Å². The Balaban J connectivity index is 1.48. The Morgan fingerprint density at radius 2 is 1.88 bits per heavy atom. The lowest BCUT2D eigenvalue weighted by atomic mass is 9.93. The van der Waals surface area contributed by atoms with Crippen LogP contribution in [0.5, 0.6) is 0 Å². The van der Waals surface area contributed by atoms with Crippen LogP contribution in [0.1, 0.15) is 38.4 Å². The fourth-order valence-electron chi connectivity index (χ4n) is 5.45. The van der Waals surface area contributed by atoms with Gasteiger partial charge in [0.05, 0.1) is 5.39 Å². The van der Waals surface area contributed by atoms with Crippen molar-refractivity contribution < 1.29 is 9.53 Å². The molecule has 1 amide bonds. The third-order valence-electron chi connectivity index (χ3n) is 6.98. The third-order valence-corrected chi connectivity index (χ3v) is 7.99. The minimum absolute atomic E-state index is 0.228. The number of likely N-dealkylation sites (tertiary alicyclic amines) is 1. The molecule has 0 saturated carbocycles. The van der Waals surface area contributed by atoms with Crippen LogP contribution in [-0.2, 0) is 9.53 Å². The predicted molar refractivity (Wildman–Crippen MR) is 138 cm³/mol. The minimum Gasteiger partial charge on any atom is -0.363 e. The maximum absolute atomic E-state index is 11.4. The number of hydrogen-bond donors (Lipinski definition) is 1. The molecule has 2 fully saturated rings. The van der Waals surface area contributed by atoms with Crippen LogP contribution in [0.2, 0.25) is 0 Å². The van der Waals surface area contributed by atoms with Crippen molar-refractivity contribution in [3.05, 3.63) is 36.2 Å². The van der Waals surface area contributed by atoms with Crippen LogP contribution in [0, 0.1) is 12.8 Å². The van der Waals surface area contributed by atoms with Crippen molar-refractivity contribution >= 4 is 38.8 Å². The number of ether oxygens (including phenoxy) is 1. The normalized spacial score (nSPS) is 18.5. The number of benzene rings is 1. The number of fused-ring (bicyclic) bond motifs is 1. The van der Waals surface area contributed by atoms with E-state index in [0.717, 1.165) is 90.0 Å². The highest BCUT2D eigenvalue weighted by atomic mass is 32.1. The SMILES string of the molecule is CCOC(C1CCN(c2nc(C)nc3sc(NC=O)c(-c4ccccc4)c23)CC1)N1CCCC1. The molecular formula is C26H33N5O2S. The van der Waals surface area contributed by atoms with E-state index in [9.17, 15) is 4.79 Å². The number of nitrogens with one attached hydrogen (secondary N) is 1. The van der Waals surface area contributed by atoms with E-state index in [4.69, 9.17) is 14.7 Å². The molecule has 1 N–H and O–H groups in total. The fourth-order valence-corrected chi connectivity index (χ4v) is 6.55. The highest BCUT2D eigenvalue weighted by Crippen LogP contribution is 2.46. The maximum atomic E-state index is 11.4. The van der Waals surface area contributed by atoms with Crippen molar-refractivity contribution in [3.8, 4) is 11.1 Å². The van der Waals surface area contributed by atoms with E-state index in [1.54, 1.807) is 0 Å². The summed E-state index contributed by atoms with van der Waals surface area (Å²) < 4.78 is 6.24. The zero-order valence-corrected chi connectivity index (χ0v) is 20.8. The monoisotopic (exact) mass is 479 g/mol. The molecule has 0 bridgehead atoms. The summed E-state index contributed by atoms with van der Waals surface area (Å²) in [5, 5.41) is 4.76. The topological polar surface area (TPSA) is 70.6 Å². The molecule has 34 heavy (non-hydrogen) atoms. The lowest BCUT2D eigenvalue weighted by Gasteiger charge is -2.40. The number of amides is 1. The quantitative estimate of drug-likeness (QED) is 0.463. The Bertz CT molecular complexity index is 1120. The van der Waals surface area contributed by atoms with Crippen LogP contribution in [-0.4, -0.2) is 60.3 Å². The highest BCUT2D eigenvalue weighted by molar-refractivity contribution is 7.23. The predicted octanol–water partition coefficient (Wildman–Crippen LogP) is 4.91. The average molecular weight is 480 g/mol. The molecule has 8 heteroatoms. The van der Waals surface area contributed by atoms with Crippen LogP contribution < -0.4 is 10.2 Å². The minimum atomic E-state index is 0.228. The van der Waals surface area contributed by atoms with Gasteiger partial charge >= 0.3 is 0 Å². The van der Waals surface area contributed by atoms with Crippen molar-refractivity contribution in [1.29, 1.82) is 0 Å². The number of rotatable bonds is 8. The molecular weight excluding hydrogens is 446 g/mol. The molecule has 1 unspecified atom stereocenters. The smallest absolute Gasteiger partial charge is 0.212 e. The van der Waals surface area contributed by atoms with Crippen molar-refractivity contribution in [2.75, 3.05) is 43.0 Å². The molecule has 180 valence electrons. The van der Waals surface area contributed by atoms with E-state index >= 15 is 0 Å². The van der Waals surface area contributed by atoms with Crippen LogP contribution in [0.25, 0.3) is 21.3 Å². The molecule has 0 spiro atoms. The number of carbonyl (C=O) groups excluding carboxylic acids is 1. The molecule has 4 heterocycles. The van der Waals surface area contributed by atoms with E-state index in [1.807, 2.05) is 25.1 Å². The van der Waals surface area contributed by atoms with Crippen LogP contribution in [0.3, 0.4) is 0 Å². The molecule has 3 aromatic rings. The number of aryl methyl sites for hydroxylation is 1. The van der Waals surface area contributed by atoms with Crippen molar-refractivity contribution in [3.63, 3.8) is 0 Å². The molecule has 2 aliphatic rings. The summed E-state index contributed by atoms with van der Waals surface area (Å²) in [6.07, 6.45) is 5.68. The maximum Gasteiger partial charge on any atom is 0.212 e. The molecule has 0 aliphatic carbocycles. The molecule has 2 saturated heterocycles. The van der Waals surface area contributed by atoms with Gasteiger partial charge in [-0.1, -0.05) is 41.7 Å². The number of anilines is 2. The first kappa shape index (κ1) is 23.2. The second-order valence-corrected chi connectivity index (χ2v) is 10.1. The third kappa shape index (κ3) is 4.54. The van der Waals surface area contributed by atoms with Crippen LogP contribution in [0.15, 0.2) is 30.3 Å². The first-order valence-electron chi connectivity index (χ1n) is 12.4. The fraction of sp³-hybridized carbons (Fsp3) is 0.500. The highest BCUT2D eigenvalue weighted by Gasteiger charge is 2.34. The summed E-state index contributed by atoms with van der Waals surface area (Å²) in [5.74, 6) is 2.27. The Morgan fingerprint density at radius 3 is 2.56 bits per heavy atom. The van der Waals surface area contributed by atoms with E-state index in [1.165, 1.54) is 24.2 Å². The Morgan fingerprint density at radius 1 is 1.15 bits per heavy atom. The zero-order valence-electron chi connectivity index (χ0n) is 20.0. The average Bonchev–Trinajstić information content (AvgIpc) is 3.51. The van der Waals surface area contributed by atoms with E-state index in [-0.39, 0.29) is 6.23 Å². The van der Waals surface area contributed by atoms with Gasteiger partial charge in [0.1, 0.15) is 27.7 Å². The molecule has 1 atom stereocenters. The van der Waals surface area contributed by atoms with Gasteiger partial charge in [0.2, 0.25) is 6.41 Å². The van der Waals surface area contributed by atoms with Gasteiger partial charge in [0.25, 0.3) is 0 Å². The van der Waals surface area contributed by atoms with Crippen molar-refractivity contribution in [1.82, 2.24) is 14.9 Å². The molecule has 0 radical (unpaired) electrons. The standard InChI is InChI=1S/C26H33N5O2S/c1-3-33-26(31-13-7-8-14-31)20-11-15-30(16-12-20)23-22-21(19-9-5-4-6-10-19)24(27-17-32)34-25(22)29-18(2)28-23/h4-6,9-10,17,20,26H,3,7-8,11-16H2,1-2H3,(H,27,32). The number of carbonyl (C=O) groups is 1. The number of aromatic nitrogens is 2. The zero-order chi connectivity index (χ0) is 23.5. The van der Waals surface area contributed by atoms with Gasteiger partial charge < -0.3 is 15.0 Å². The van der Waals surface area contributed by atoms with Gasteiger partial charge in [-0.05, 0) is 45.1 Å². The van der Waals surface area contributed by atoms with E-state index < -0.39 is 0 Å². The van der Waals surface area contributed by atoms with Crippen LogP contribution >= 0.6 is 11.3 Å². The van der Waals surface area contributed by atoms with Gasteiger partial charge in [-0.3, -0.25) is 9.69 Å². The lowest BCUT2D eigenvalue weighted by molar-refractivity contribution is -0.105. The first-order valence-corrected chi connectivity index (χ1v) is 13.2. The molecule has 2 aromatic heterocycles. The van der Waals surface area contributed by atoms with Gasteiger partial charge in [-0.2, -0.15) is 0 Å². The number of piperidine rings is 1. The first-order chi connectivity index (χ1) is 16.7. The van der Waals surface area contributed by atoms with Crippen molar-refractivity contribution in [2.45, 2.75) is 45.8 Å². The largest absolute Gasteiger partial charge is 0.363 e. The van der Waals surface area contributed by atoms with Crippen LogP contribution in [0.4, 0.5) is 10.8 Å². The van der Waals surface area contributed by atoms with Gasteiger partial charge in [-0.15, -0.1) is 0 Å². The Kier molecular flexibility index (Phi) is 7.08. The number of nitrogens with zero attached hydrogens (tertiary/aromatic N) is 4. The van der Waals surface area contributed by atoms with Crippen molar-refractivity contribution in [2.24, 2.45) is 5.92 Å². The summed E-state index contributed by atoms with van der Waals surface area (Å²) in [6, 6.07) is 10.2. The summed E-state index contributed by atoms with van der Waals surface area (Å²) >= 11 is 1.52. The molecule has 5 rings (SSSR count). The van der Waals surface area contributed by atoms with Gasteiger partial charge in [0.15, 0.2) is 0 Å². The molecule has 7 nitrogen and oxygen atoms in total. The second-order valence-electron chi connectivity index (χ2n) is 9.12. The Hall–Kier alpha value is -2.55. The second kappa shape index (κ2) is 10.4. The summed E-state index contributed by atoms with van der Waals surface area (Å²) in [4.78, 5) is 26.9. The van der Waals surface area contributed by atoms with Gasteiger partial charge in [0, 0.05) is 44.3 Å². The van der Waals surface area contributed by atoms with E-state index in [0.29, 0.717) is 5.92 Å². The molecule has 1 aromatic carbocycles. The molecule has 2 aliphatic heterocycles. The number of hydrogen-bond acceptors (Lipinski definition) is 7. The lowest BCUT2D eigenvalue weighted by Crippen LogP contribution is -2.46. The number of thiophene rings is 1. The van der Waals surface area contributed by atoms with E-state index in [2.05, 4.69) is 34.2 Å². The summed E-state index contributed by atoms with van der Waals surface area (Å²) in [7, 11) is 0. The summed E-state index contributed by atoms with van der Waals surface area (Å²) in [5.41, 5.74) is 2.07. The summed E-state index contributed by atoms with van der Waals surface area (Å²) in [6.45, 7) is 8.99. The Labute approximate surface area is 205 Å².